The maximum atomic E-state index is 11.1. The van der Waals surface area contributed by atoms with E-state index in [2.05, 4.69) is 0 Å². The van der Waals surface area contributed by atoms with E-state index in [0.29, 0.717) is 11.1 Å². The fourth-order valence-electron chi connectivity index (χ4n) is 1.45. The van der Waals surface area contributed by atoms with Crippen LogP contribution in [0.15, 0.2) is 23.3 Å². The van der Waals surface area contributed by atoms with Crippen molar-refractivity contribution in [1.29, 1.82) is 0 Å². The van der Waals surface area contributed by atoms with Gasteiger partial charge in [0.2, 0.25) is 0 Å². The van der Waals surface area contributed by atoms with Crippen LogP contribution in [0.4, 0.5) is 0 Å². The summed E-state index contributed by atoms with van der Waals surface area (Å²) in [5, 5.41) is 0. The van der Waals surface area contributed by atoms with E-state index in [9.17, 15) is 9.59 Å². The molecule has 0 spiro atoms. The van der Waals surface area contributed by atoms with Gasteiger partial charge in [0, 0.05) is 11.1 Å². The third kappa shape index (κ3) is 1.32. The Labute approximate surface area is 81.2 Å². The van der Waals surface area contributed by atoms with Crippen molar-refractivity contribution in [2.75, 3.05) is 0 Å². The van der Waals surface area contributed by atoms with Gasteiger partial charge in [0.25, 0.3) is 0 Å². The van der Waals surface area contributed by atoms with Crippen LogP contribution in [0.2, 0.25) is 0 Å². The SMILES string of the molecule is CC1=CC(C2C=C(C)C(=O)O2)OC1=O. The first kappa shape index (κ1) is 8.99. The summed E-state index contributed by atoms with van der Waals surface area (Å²) in [5.41, 5.74) is 1.12. The molecular formula is C10H10O4. The van der Waals surface area contributed by atoms with Crippen LogP contribution in [0.5, 0.6) is 0 Å². The Bertz CT molecular complexity index is 328. The highest BCUT2D eigenvalue weighted by Gasteiger charge is 2.34. The standard InChI is InChI=1S/C10H10O4/c1-5-3-7(13-9(5)11)8-4-6(2)10(12)14-8/h3-4,7-8H,1-2H3. The van der Waals surface area contributed by atoms with Gasteiger partial charge in [0.15, 0.2) is 12.2 Å². The largest absolute Gasteiger partial charge is 0.450 e. The van der Waals surface area contributed by atoms with Crippen LogP contribution in [0, 0.1) is 0 Å². The molecule has 2 aliphatic rings. The first-order valence-corrected chi connectivity index (χ1v) is 4.37. The van der Waals surface area contributed by atoms with Crippen LogP contribution in [-0.4, -0.2) is 24.1 Å². The molecule has 0 bridgehead atoms. The van der Waals surface area contributed by atoms with Crippen molar-refractivity contribution in [2.45, 2.75) is 26.1 Å². The summed E-state index contributed by atoms with van der Waals surface area (Å²) in [4.78, 5) is 22.1. The topological polar surface area (TPSA) is 52.6 Å². The molecule has 0 saturated heterocycles. The van der Waals surface area contributed by atoms with Gasteiger partial charge in [0.1, 0.15) is 0 Å². The Morgan fingerprint density at radius 3 is 1.50 bits per heavy atom. The molecule has 0 aromatic rings. The number of hydrogen-bond acceptors (Lipinski definition) is 4. The lowest BCUT2D eigenvalue weighted by atomic mass is 10.1. The zero-order chi connectivity index (χ0) is 10.3. The predicted molar refractivity (Wildman–Crippen MR) is 47.3 cm³/mol. The van der Waals surface area contributed by atoms with Crippen LogP contribution >= 0.6 is 0 Å². The van der Waals surface area contributed by atoms with E-state index in [1.807, 2.05) is 0 Å². The Balaban J connectivity index is 2.13. The number of carbonyl (C=O) groups excluding carboxylic acids is 2. The number of esters is 2. The summed E-state index contributed by atoms with van der Waals surface area (Å²) < 4.78 is 10.0. The zero-order valence-corrected chi connectivity index (χ0v) is 7.94. The van der Waals surface area contributed by atoms with Crippen molar-refractivity contribution < 1.29 is 19.1 Å². The van der Waals surface area contributed by atoms with Gasteiger partial charge in [-0.3, -0.25) is 0 Å². The van der Waals surface area contributed by atoms with Gasteiger partial charge < -0.3 is 9.47 Å². The quantitative estimate of drug-likeness (QED) is 0.577. The monoisotopic (exact) mass is 194 g/mol. The minimum Gasteiger partial charge on any atom is -0.450 e. The van der Waals surface area contributed by atoms with Crippen LogP contribution in [-0.2, 0) is 19.1 Å². The molecule has 4 heteroatoms. The second-order valence-corrected chi connectivity index (χ2v) is 3.44. The van der Waals surface area contributed by atoms with Crippen molar-refractivity contribution >= 4 is 11.9 Å². The highest BCUT2D eigenvalue weighted by Crippen LogP contribution is 2.23. The third-order valence-corrected chi connectivity index (χ3v) is 2.28. The van der Waals surface area contributed by atoms with Gasteiger partial charge in [-0.25, -0.2) is 9.59 Å². The molecule has 2 aliphatic heterocycles. The van der Waals surface area contributed by atoms with Crippen molar-refractivity contribution in [3.63, 3.8) is 0 Å². The van der Waals surface area contributed by atoms with E-state index >= 15 is 0 Å². The lowest BCUT2D eigenvalue weighted by molar-refractivity contribution is -0.151. The minimum atomic E-state index is -0.455. The molecule has 0 saturated carbocycles. The van der Waals surface area contributed by atoms with E-state index in [1.54, 1.807) is 26.0 Å². The summed E-state index contributed by atoms with van der Waals surface area (Å²) in [6.07, 6.45) is 2.44. The molecule has 2 rings (SSSR count). The molecule has 74 valence electrons. The Hall–Kier alpha value is -1.58. The van der Waals surface area contributed by atoms with Crippen molar-refractivity contribution in [1.82, 2.24) is 0 Å². The molecule has 2 unspecified atom stereocenters. The van der Waals surface area contributed by atoms with Gasteiger partial charge in [-0.05, 0) is 26.0 Å². The first-order valence-electron chi connectivity index (χ1n) is 4.37. The normalized spacial score (nSPS) is 31.0. The number of cyclic esters (lactones) is 2. The zero-order valence-electron chi connectivity index (χ0n) is 7.94. The second-order valence-electron chi connectivity index (χ2n) is 3.44. The molecular weight excluding hydrogens is 184 g/mol. The lowest BCUT2D eigenvalue weighted by Crippen LogP contribution is -2.25. The van der Waals surface area contributed by atoms with Gasteiger partial charge in [-0.2, -0.15) is 0 Å². The van der Waals surface area contributed by atoms with E-state index in [1.165, 1.54) is 0 Å². The summed E-state index contributed by atoms with van der Waals surface area (Å²) in [5.74, 6) is -0.687. The first-order chi connectivity index (χ1) is 6.58. The van der Waals surface area contributed by atoms with Crippen molar-refractivity contribution in [3.05, 3.63) is 23.3 Å². The van der Waals surface area contributed by atoms with E-state index in [-0.39, 0.29) is 11.9 Å². The highest BCUT2D eigenvalue weighted by molar-refractivity contribution is 5.92. The van der Waals surface area contributed by atoms with E-state index in [4.69, 9.17) is 9.47 Å². The fourth-order valence-corrected chi connectivity index (χ4v) is 1.45. The molecule has 0 fully saturated rings. The number of ether oxygens (including phenoxy) is 2. The molecule has 0 aromatic carbocycles. The average molecular weight is 194 g/mol. The molecule has 0 aromatic heterocycles. The van der Waals surface area contributed by atoms with Gasteiger partial charge in [-0.1, -0.05) is 0 Å². The number of carbonyl (C=O) groups is 2. The fraction of sp³-hybridized carbons (Fsp3) is 0.400. The summed E-state index contributed by atoms with van der Waals surface area (Å²) in [6.45, 7) is 3.35. The van der Waals surface area contributed by atoms with Crippen LogP contribution in [0.1, 0.15) is 13.8 Å². The Morgan fingerprint density at radius 1 is 0.929 bits per heavy atom. The Morgan fingerprint density at radius 2 is 1.29 bits per heavy atom. The van der Waals surface area contributed by atoms with Crippen LogP contribution in [0.25, 0.3) is 0 Å². The molecule has 14 heavy (non-hydrogen) atoms. The van der Waals surface area contributed by atoms with Gasteiger partial charge in [-0.15, -0.1) is 0 Å². The number of hydrogen-bond donors (Lipinski definition) is 0. The maximum Gasteiger partial charge on any atom is 0.334 e. The molecule has 0 radical (unpaired) electrons. The van der Waals surface area contributed by atoms with Gasteiger partial charge in [0.05, 0.1) is 0 Å². The maximum absolute atomic E-state index is 11.1. The summed E-state index contributed by atoms with van der Waals surface area (Å²) in [6, 6.07) is 0. The van der Waals surface area contributed by atoms with E-state index in [0.717, 1.165) is 0 Å². The molecule has 0 N–H and O–H groups in total. The minimum absolute atomic E-state index is 0.344. The van der Waals surface area contributed by atoms with Gasteiger partial charge >= 0.3 is 11.9 Å². The molecule has 0 aliphatic carbocycles. The molecule has 0 amide bonds. The van der Waals surface area contributed by atoms with Crippen LogP contribution < -0.4 is 0 Å². The average Bonchev–Trinajstić information content (AvgIpc) is 2.60. The van der Waals surface area contributed by atoms with Crippen LogP contribution in [0.3, 0.4) is 0 Å². The predicted octanol–water partition coefficient (Wildman–Crippen LogP) is 0.730. The summed E-state index contributed by atoms with van der Waals surface area (Å²) in [7, 11) is 0. The van der Waals surface area contributed by atoms with Crippen molar-refractivity contribution in [2.24, 2.45) is 0 Å². The molecule has 4 nitrogen and oxygen atoms in total. The van der Waals surface area contributed by atoms with Crippen molar-refractivity contribution in [3.8, 4) is 0 Å². The third-order valence-electron chi connectivity index (χ3n) is 2.28. The smallest absolute Gasteiger partial charge is 0.334 e. The summed E-state index contributed by atoms with van der Waals surface area (Å²) >= 11 is 0. The molecule has 2 atom stereocenters. The van der Waals surface area contributed by atoms with E-state index < -0.39 is 12.2 Å². The lowest BCUT2D eigenvalue weighted by Gasteiger charge is -2.13. The highest BCUT2D eigenvalue weighted by atomic mass is 16.6. The number of rotatable bonds is 1. The Kier molecular flexibility index (Phi) is 1.91. The molecule has 2 heterocycles. The second kappa shape index (κ2) is 2.97.